The molecule has 3 heterocycles. The lowest BCUT2D eigenvalue weighted by Crippen LogP contribution is -2.35. The third kappa shape index (κ3) is 3.80. The Morgan fingerprint density at radius 2 is 2.06 bits per heavy atom. The molecule has 164 valence electrons. The smallest absolute Gasteiger partial charge is 0.284 e. The first kappa shape index (κ1) is 21.5. The Bertz CT molecular complexity index is 1390. The van der Waals surface area contributed by atoms with Crippen molar-refractivity contribution in [3.8, 4) is 17.1 Å². The quantitative estimate of drug-likeness (QED) is 0.396. The molecular weight excluding hydrogens is 462 g/mol. The number of aliphatic imine (C=N–C) groups is 1. The summed E-state index contributed by atoms with van der Waals surface area (Å²) < 4.78 is 33.8. The van der Waals surface area contributed by atoms with Crippen molar-refractivity contribution in [3.63, 3.8) is 0 Å². The number of sulfone groups is 1. The molecule has 0 aliphatic carbocycles. The number of nitro groups is 1. The standard InChI is InChI=1S/C18H13N5O7S2/c1-29-9-3-5-11(13(8-9)23(25)26)14-6-4-10(30-14)7-12-15(19)22-17(20-16(12)24)31-18(21-22)32(2,27)28/h3-8,19H,1-2H3/b12-7-,19-15?. The van der Waals surface area contributed by atoms with E-state index in [1.54, 1.807) is 6.07 Å². The summed E-state index contributed by atoms with van der Waals surface area (Å²) in [5, 5.41) is 24.4. The van der Waals surface area contributed by atoms with E-state index in [1.807, 2.05) is 0 Å². The number of nitro benzene ring substituents is 1. The summed E-state index contributed by atoms with van der Waals surface area (Å²) >= 11 is 0.678. The summed E-state index contributed by atoms with van der Waals surface area (Å²) in [5.74, 6) is -0.538. The summed E-state index contributed by atoms with van der Waals surface area (Å²) in [7, 11) is -2.25. The van der Waals surface area contributed by atoms with Gasteiger partial charge in [0.25, 0.3) is 11.6 Å². The minimum atomic E-state index is -3.64. The topological polar surface area (TPSA) is 169 Å². The molecular formula is C18H13N5O7S2. The van der Waals surface area contributed by atoms with Crippen LogP contribution in [-0.2, 0) is 14.6 Å². The van der Waals surface area contributed by atoms with Crippen molar-refractivity contribution in [1.29, 1.82) is 5.41 Å². The van der Waals surface area contributed by atoms with Crippen LogP contribution in [0.3, 0.4) is 0 Å². The van der Waals surface area contributed by atoms with Crippen LogP contribution < -0.4 is 4.74 Å². The lowest BCUT2D eigenvalue weighted by Gasteiger charge is -2.19. The number of fused-ring (bicyclic) bond motifs is 1. The number of hydrogen-bond donors (Lipinski definition) is 1. The van der Waals surface area contributed by atoms with Crippen molar-refractivity contribution in [2.45, 2.75) is 0 Å². The van der Waals surface area contributed by atoms with Crippen molar-refractivity contribution >= 4 is 54.6 Å². The largest absolute Gasteiger partial charge is 0.497 e. The first-order valence-corrected chi connectivity index (χ1v) is 11.4. The highest BCUT2D eigenvalue weighted by atomic mass is 32.3. The second-order valence-corrected chi connectivity index (χ2v) is 9.65. The molecule has 1 aromatic carbocycles. The average Bonchev–Trinajstić information content (AvgIpc) is 3.37. The fourth-order valence-electron chi connectivity index (χ4n) is 2.84. The number of carbonyl (C=O) groups excluding carboxylic acids is 1. The van der Waals surface area contributed by atoms with E-state index in [4.69, 9.17) is 14.6 Å². The molecule has 0 unspecified atom stereocenters. The van der Waals surface area contributed by atoms with Gasteiger partial charge in [-0.15, -0.1) is 5.10 Å². The molecule has 0 spiro atoms. The maximum Gasteiger partial charge on any atom is 0.284 e. The molecule has 0 bridgehead atoms. The molecule has 0 fully saturated rings. The van der Waals surface area contributed by atoms with Crippen LogP contribution in [0.4, 0.5) is 5.69 Å². The molecule has 1 amide bonds. The number of rotatable bonds is 4. The van der Waals surface area contributed by atoms with Crippen LogP contribution in [0, 0.1) is 15.5 Å². The summed E-state index contributed by atoms with van der Waals surface area (Å²) in [4.78, 5) is 27.1. The molecule has 0 saturated heterocycles. The normalized spacial score (nSPS) is 17.3. The zero-order valence-corrected chi connectivity index (χ0v) is 18.1. The number of amides is 1. The van der Waals surface area contributed by atoms with Crippen LogP contribution in [0.1, 0.15) is 5.76 Å². The highest BCUT2D eigenvalue weighted by Crippen LogP contribution is 2.35. The fourth-order valence-corrected chi connectivity index (χ4v) is 4.52. The van der Waals surface area contributed by atoms with Gasteiger partial charge in [0.1, 0.15) is 17.3 Å². The Kier molecular flexibility index (Phi) is 5.18. The van der Waals surface area contributed by atoms with Gasteiger partial charge < -0.3 is 9.15 Å². The zero-order chi connectivity index (χ0) is 23.2. The van der Waals surface area contributed by atoms with E-state index in [2.05, 4.69) is 10.1 Å². The summed E-state index contributed by atoms with van der Waals surface area (Å²) in [6.07, 6.45) is 2.20. The molecule has 2 aliphatic heterocycles. The number of hydrogen-bond acceptors (Lipinski definition) is 10. The van der Waals surface area contributed by atoms with Gasteiger partial charge >= 0.3 is 0 Å². The maximum absolute atomic E-state index is 12.4. The first-order valence-electron chi connectivity index (χ1n) is 8.71. The molecule has 32 heavy (non-hydrogen) atoms. The van der Waals surface area contributed by atoms with Crippen molar-refractivity contribution in [1.82, 2.24) is 5.01 Å². The van der Waals surface area contributed by atoms with Crippen molar-refractivity contribution in [2.24, 2.45) is 10.1 Å². The van der Waals surface area contributed by atoms with Gasteiger partial charge in [0.05, 0.1) is 29.2 Å². The Morgan fingerprint density at radius 3 is 2.72 bits per heavy atom. The van der Waals surface area contributed by atoms with Crippen LogP contribution >= 0.6 is 11.8 Å². The Balaban J connectivity index is 1.69. The van der Waals surface area contributed by atoms with Crippen molar-refractivity contribution in [2.75, 3.05) is 13.4 Å². The molecule has 12 nitrogen and oxygen atoms in total. The molecule has 2 aliphatic rings. The molecule has 1 N–H and O–H groups in total. The number of nitrogens with one attached hydrogen (secondary N) is 1. The molecule has 4 rings (SSSR count). The van der Waals surface area contributed by atoms with Crippen LogP contribution in [0.25, 0.3) is 17.4 Å². The molecule has 0 radical (unpaired) electrons. The predicted octanol–water partition coefficient (Wildman–Crippen LogP) is 2.48. The summed E-state index contributed by atoms with van der Waals surface area (Å²) in [6, 6.07) is 7.23. The SMILES string of the molecule is COc1ccc(-c2ccc(/C=C3/C(=N)N4N=C(S(C)(=O)=O)SC4=NC3=O)o2)c([N+](=O)[O-])c1. The van der Waals surface area contributed by atoms with E-state index in [9.17, 15) is 23.3 Å². The van der Waals surface area contributed by atoms with E-state index in [-0.39, 0.29) is 43.7 Å². The number of carbonyl (C=O) groups is 1. The lowest BCUT2D eigenvalue weighted by atomic mass is 10.1. The monoisotopic (exact) mass is 475 g/mol. The number of hydrazone groups is 1. The second kappa shape index (κ2) is 7.72. The molecule has 0 atom stereocenters. The van der Waals surface area contributed by atoms with Gasteiger partial charge in [-0.05, 0) is 42.1 Å². The summed E-state index contributed by atoms with van der Waals surface area (Å²) in [5.41, 5.74) is -0.215. The number of benzene rings is 1. The van der Waals surface area contributed by atoms with Gasteiger partial charge in [0, 0.05) is 6.26 Å². The number of amidine groups is 2. The average molecular weight is 475 g/mol. The van der Waals surface area contributed by atoms with E-state index >= 15 is 0 Å². The van der Waals surface area contributed by atoms with Crippen molar-refractivity contribution < 1.29 is 27.3 Å². The number of ether oxygens (including phenoxy) is 1. The van der Waals surface area contributed by atoms with Gasteiger partial charge in [-0.25, -0.2) is 8.42 Å². The molecule has 2 aromatic rings. The fraction of sp³-hybridized carbons (Fsp3) is 0.111. The van der Waals surface area contributed by atoms with Gasteiger partial charge in [-0.1, -0.05) is 0 Å². The van der Waals surface area contributed by atoms with Gasteiger partial charge in [-0.2, -0.15) is 10.0 Å². The number of nitrogens with zero attached hydrogens (tertiary/aromatic N) is 4. The Labute approximate surface area is 184 Å². The maximum atomic E-state index is 12.4. The van der Waals surface area contributed by atoms with E-state index in [0.29, 0.717) is 17.5 Å². The van der Waals surface area contributed by atoms with Crippen LogP contribution in [0.15, 0.2) is 50.4 Å². The third-order valence-corrected chi connectivity index (χ3v) is 6.91. The Morgan fingerprint density at radius 1 is 1.31 bits per heavy atom. The van der Waals surface area contributed by atoms with Crippen LogP contribution in [0.5, 0.6) is 5.75 Å². The van der Waals surface area contributed by atoms with Gasteiger partial charge in [0.15, 0.2) is 5.84 Å². The third-order valence-electron chi connectivity index (χ3n) is 4.33. The number of methoxy groups -OCH3 is 1. The zero-order valence-electron chi connectivity index (χ0n) is 16.4. The van der Waals surface area contributed by atoms with E-state index in [0.717, 1.165) is 11.3 Å². The van der Waals surface area contributed by atoms with Crippen LogP contribution in [0.2, 0.25) is 0 Å². The van der Waals surface area contributed by atoms with Crippen LogP contribution in [-0.4, -0.2) is 53.0 Å². The Hall–Kier alpha value is -3.78. The van der Waals surface area contributed by atoms with Gasteiger partial charge in [0.2, 0.25) is 19.4 Å². The lowest BCUT2D eigenvalue weighted by molar-refractivity contribution is -0.384. The van der Waals surface area contributed by atoms with E-state index < -0.39 is 20.7 Å². The second-order valence-electron chi connectivity index (χ2n) is 6.50. The molecule has 14 heteroatoms. The van der Waals surface area contributed by atoms with E-state index in [1.165, 1.54) is 37.5 Å². The summed E-state index contributed by atoms with van der Waals surface area (Å²) in [6.45, 7) is 0. The molecule has 0 saturated carbocycles. The van der Waals surface area contributed by atoms with Crippen molar-refractivity contribution in [3.05, 3.63) is 51.8 Å². The number of thioether (sulfide) groups is 1. The first-order chi connectivity index (χ1) is 15.1. The highest BCUT2D eigenvalue weighted by Gasteiger charge is 2.38. The highest BCUT2D eigenvalue weighted by molar-refractivity contribution is 8.42. The minimum Gasteiger partial charge on any atom is -0.497 e. The van der Waals surface area contributed by atoms with Gasteiger partial charge in [-0.3, -0.25) is 20.3 Å². The predicted molar refractivity (Wildman–Crippen MR) is 117 cm³/mol. The minimum absolute atomic E-state index is 0.0356. The number of furan rings is 1. The molecule has 1 aromatic heterocycles.